The summed E-state index contributed by atoms with van der Waals surface area (Å²) in [5.41, 5.74) is -0.718. The molecule has 1 saturated heterocycles. The van der Waals surface area contributed by atoms with Gasteiger partial charge in [0.25, 0.3) is 5.56 Å². The van der Waals surface area contributed by atoms with Crippen LogP contribution >= 0.6 is 22.9 Å². The first-order chi connectivity index (χ1) is 11.3. The van der Waals surface area contributed by atoms with Crippen molar-refractivity contribution < 1.29 is 13.2 Å². The molecule has 24 heavy (non-hydrogen) atoms. The van der Waals surface area contributed by atoms with Crippen molar-refractivity contribution in [2.75, 3.05) is 36.0 Å². The van der Waals surface area contributed by atoms with Gasteiger partial charge in [-0.3, -0.25) is 4.79 Å². The highest BCUT2D eigenvalue weighted by molar-refractivity contribution is 7.13. The molecule has 0 unspecified atom stereocenters. The summed E-state index contributed by atoms with van der Waals surface area (Å²) in [4.78, 5) is 19.2. The Bertz CT molecular complexity index is 798. The maximum atomic E-state index is 12.6. The molecule has 0 N–H and O–H groups in total. The van der Waals surface area contributed by atoms with Crippen LogP contribution in [0.3, 0.4) is 0 Å². The predicted molar refractivity (Wildman–Crippen MR) is 86.0 cm³/mol. The van der Waals surface area contributed by atoms with Crippen LogP contribution in [-0.2, 0) is 13.2 Å². The fourth-order valence-corrected chi connectivity index (χ4v) is 3.58. The first-order valence-corrected chi connectivity index (χ1v) is 8.27. The molecule has 1 aliphatic rings. The van der Waals surface area contributed by atoms with Crippen molar-refractivity contribution in [2.24, 2.45) is 7.05 Å². The van der Waals surface area contributed by atoms with Gasteiger partial charge in [0.15, 0.2) is 10.8 Å². The van der Waals surface area contributed by atoms with Crippen molar-refractivity contribution in [1.82, 2.24) is 14.8 Å². The SMILES string of the molecule is Cn1ncc(N2CCN(c3nc(C(F)(F)F)cs3)CC2)c(Cl)c1=O. The van der Waals surface area contributed by atoms with Crippen LogP contribution in [0.4, 0.5) is 24.0 Å². The quantitative estimate of drug-likeness (QED) is 0.801. The molecule has 0 aliphatic carbocycles. The lowest BCUT2D eigenvalue weighted by Crippen LogP contribution is -2.47. The zero-order chi connectivity index (χ0) is 17.5. The number of hydrogen-bond donors (Lipinski definition) is 0. The van der Waals surface area contributed by atoms with Gasteiger partial charge in [-0.05, 0) is 0 Å². The number of thiazole rings is 1. The van der Waals surface area contributed by atoms with E-state index in [1.165, 1.54) is 13.2 Å². The summed E-state index contributed by atoms with van der Waals surface area (Å²) in [6, 6.07) is 0. The van der Waals surface area contributed by atoms with Crippen LogP contribution < -0.4 is 15.4 Å². The van der Waals surface area contributed by atoms with E-state index in [4.69, 9.17) is 11.6 Å². The Morgan fingerprint density at radius 3 is 2.42 bits per heavy atom. The lowest BCUT2D eigenvalue weighted by molar-refractivity contribution is -0.140. The van der Waals surface area contributed by atoms with E-state index >= 15 is 0 Å². The minimum Gasteiger partial charge on any atom is -0.365 e. The Morgan fingerprint density at radius 2 is 1.83 bits per heavy atom. The molecule has 3 rings (SSSR count). The molecular formula is C13H13ClF3N5OS. The van der Waals surface area contributed by atoms with Gasteiger partial charge in [-0.25, -0.2) is 9.67 Å². The molecule has 0 radical (unpaired) electrons. The molecule has 0 bridgehead atoms. The summed E-state index contributed by atoms with van der Waals surface area (Å²) < 4.78 is 39.0. The Kier molecular flexibility index (Phi) is 4.43. The van der Waals surface area contributed by atoms with Gasteiger partial charge < -0.3 is 9.80 Å². The molecule has 0 amide bonds. The fraction of sp³-hybridized carbons (Fsp3) is 0.462. The summed E-state index contributed by atoms with van der Waals surface area (Å²) in [6.07, 6.45) is -2.91. The number of aryl methyl sites for hydroxylation is 1. The van der Waals surface area contributed by atoms with Gasteiger partial charge in [-0.15, -0.1) is 11.3 Å². The first kappa shape index (κ1) is 17.0. The molecule has 3 heterocycles. The standard InChI is InChI=1S/C13H13ClF3N5OS/c1-20-11(23)10(14)8(6-18-20)21-2-4-22(5-3-21)12-19-9(7-24-12)13(15,16)17/h6-7H,2-5H2,1H3. The van der Waals surface area contributed by atoms with Gasteiger partial charge in [-0.2, -0.15) is 18.3 Å². The van der Waals surface area contributed by atoms with E-state index in [1.807, 2.05) is 4.90 Å². The minimum absolute atomic E-state index is 0.0922. The van der Waals surface area contributed by atoms with Crippen LogP contribution in [0.15, 0.2) is 16.4 Å². The van der Waals surface area contributed by atoms with Gasteiger partial charge in [0, 0.05) is 38.6 Å². The number of alkyl halides is 3. The zero-order valence-electron chi connectivity index (χ0n) is 12.5. The first-order valence-electron chi connectivity index (χ1n) is 7.02. The molecule has 0 aromatic carbocycles. The number of aromatic nitrogens is 3. The van der Waals surface area contributed by atoms with Crippen molar-refractivity contribution in [3.63, 3.8) is 0 Å². The van der Waals surface area contributed by atoms with Crippen molar-refractivity contribution in [2.45, 2.75) is 6.18 Å². The van der Waals surface area contributed by atoms with Gasteiger partial charge in [-0.1, -0.05) is 11.6 Å². The predicted octanol–water partition coefficient (Wildman–Crippen LogP) is 2.24. The van der Waals surface area contributed by atoms with Crippen LogP contribution in [0.25, 0.3) is 0 Å². The Balaban J connectivity index is 1.71. The van der Waals surface area contributed by atoms with E-state index in [2.05, 4.69) is 10.1 Å². The highest BCUT2D eigenvalue weighted by atomic mass is 35.5. The van der Waals surface area contributed by atoms with Gasteiger partial charge in [0.05, 0.1) is 11.9 Å². The van der Waals surface area contributed by atoms with Gasteiger partial charge in [0.2, 0.25) is 0 Å². The third-order valence-electron chi connectivity index (χ3n) is 3.73. The largest absolute Gasteiger partial charge is 0.434 e. The molecule has 6 nitrogen and oxygen atoms in total. The molecule has 1 aliphatic heterocycles. The monoisotopic (exact) mass is 379 g/mol. The summed E-state index contributed by atoms with van der Waals surface area (Å²) in [7, 11) is 1.51. The molecule has 2 aromatic heterocycles. The fourth-order valence-electron chi connectivity index (χ4n) is 2.40. The van der Waals surface area contributed by atoms with Gasteiger partial charge >= 0.3 is 6.18 Å². The number of rotatable bonds is 2. The normalized spacial score (nSPS) is 15.9. The molecule has 130 valence electrons. The van der Waals surface area contributed by atoms with Crippen LogP contribution in [0.2, 0.25) is 5.02 Å². The summed E-state index contributed by atoms with van der Waals surface area (Å²) in [5, 5.41) is 5.40. The average Bonchev–Trinajstić information content (AvgIpc) is 3.03. The van der Waals surface area contributed by atoms with Crippen LogP contribution in [0.5, 0.6) is 0 Å². The topological polar surface area (TPSA) is 54.3 Å². The van der Waals surface area contributed by atoms with E-state index in [1.54, 1.807) is 4.90 Å². The van der Waals surface area contributed by atoms with Crippen molar-refractivity contribution in [3.05, 3.63) is 32.6 Å². The van der Waals surface area contributed by atoms with Crippen molar-refractivity contribution in [1.29, 1.82) is 0 Å². The minimum atomic E-state index is -4.43. The Morgan fingerprint density at radius 1 is 1.21 bits per heavy atom. The van der Waals surface area contributed by atoms with Crippen molar-refractivity contribution in [3.8, 4) is 0 Å². The zero-order valence-corrected chi connectivity index (χ0v) is 14.1. The molecule has 11 heteroatoms. The summed E-state index contributed by atoms with van der Waals surface area (Å²) in [5.74, 6) is 0. The molecular weight excluding hydrogens is 367 g/mol. The highest BCUT2D eigenvalue weighted by Gasteiger charge is 2.34. The molecule has 0 spiro atoms. The van der Waals surface area contributed by atoms with E-state index in [9.17, 15) is 18.0 Å². The number of piperazine rings is 1. The van der Waals surface area contributed by atoms with Crippen molar-refractivity contribution >= 4 is 33.8 Å². The van der Waals surface area contributed by atoms with Gasteiger partial charge in [0.1, 0.15) is 5.02 Å². The summed E-state index contributed by atoms with van der Waals surface area (Å²) >= 11 is 7.05. The second-order valence-electron chi connectivity index (χ2n) is 5.26. The van der Waals surface area contributed by atoms with Crippen LogP contribution in [-0.4, -0.2) is 40.9 Å². The van der Waals surface area contributed by atoms with Crippen LogP contribution in [0.1, 0.15) is 5.69 Å². The smallest absolute Gasteiger partial charge is 0.365 e. The maximum absolute atomic E-state index is 12.6. The lowest BCUT2D eigenvalue weighted by Gasteiger charge is -2.36. The molecule has 1 fully saturated rings. The Labute approximate surface area is 144 Å². The number of nitrogens with zero attached hydrogens (tertiary/aromatic N) is 5. The van der Waals surface area contributed by atoms with E-state index in [0.717, 1.165) is 21.4 Å². The number of halogens is 4. The maximum Gasteiger partial charge on any atom is 0.434 e. The second kappa shape index (κ2) is 6.25. The highest BCUT2D eigenvalue weighted by Crippen LogP contribution is 2.33. The number of anilines is 2. The van der Waals surface area contributed by atoms with E-state index < -0.39 is 11.9 Å². The third-order valence-corrected chi connectivity index (χ3v) is 4.99. The molecule has 0 saturated carbocycles. The second-order valence-corrected chi connectivity index (χ2v) is 6.47. The number of hydrogen-bond acceptors (Lipinski definition) is 6. The summed E-state index contributed by atoms with van der Waals surface area (Å²) in [6.45, 7) is 1.98. The average molecular weight is 380 g/mol. The lowest BCUT2D eigenvalue weighted by atomic mass is 10.3. The van der Waals surface area contributed by atoms with E-state index in [-0.39, 0.29) is 10.6 Å². The van der Waals surface area contributed by atoms with E-state index in [0.29, 0.717) is 37.0 Å². The van der Waals surface area contributed by atoms with Crippen LogP contribution in [0, 0.1) is 0 Å². The third kappa shape index (κ3) is 3.20. The molecule has 2 aromatic rings. The molecule has 0 atom stereocenters. The Hall–Kier alpha value is -1.81.